The molecule has 0 fully saturated rings. The van der Waals surface area contributed by atoms with Crippen LogP contribution in [0.5, 0.6) is 0 Å². The number of rotatable bonds is 5. The van der Waals surface area contributed by atoms with Gasteiger partial charge in [-0.1, -0.05) is 30.0 Å². The summed E-state index contributed by atoms with van der Waals surface area (Å²) in [4.78, 5) is 11.4. The molecule has 1 atom stereocenters. The Hall–Kier alpha value is -0.620. The molecule has 1 rings (SSSR count). The van der Waals surface area contributed by atoms with Gasteiger partial charge in [0.15, 0.2) is 4.34 Å². The van der Waals surface area contributed by atoms with E-state index in [0.29, 0.717) is 5.75 Å². The number of carbonyl (C=O) groups excluding carboxylic acids is 1. The molecule has 1 aromatic rings. The van der Waals surface area contributed by atoms with Crippen molar-refractivity contribution in [3.8, 4) is 0 Å². The van der Waals surface area contributed by atoms with Crippen LogP contribution in [-0.2, 0) is 4.79 Å². The summed E-state index contributed by atoms with van der Waals surface area (Å²) in [6.45, 7) is 5.95. The van der Waals surface area contributed by atoms with E-state index in [0.717, 1.165) is 15.8 Å². The van der Waals surface area contributed by atoms with Gasteiger partial charge in [-0.2, -0.15) is 0 Å². The van der Waals surface area contributed by atoms with Crippen molar-refractivity contribution in [3.05, 3.63) is 5.01 Å². The van der Waals surface area contributed by atoms with Crippen LogP contribution in [0.25, 0.3) is 0 Å². The molecule has 0 aliphatic rings. The number of nitrogens with zero attached hydrogens (tertiary/aromatic N) is 2. The molecule has 0 aliphatic carbocycles. The van der Waals surface area contributed by atoms with Gasteiger partial charge in [-0.3, -0.25) is 4.79 Å². The van der Waals surface area contributed by atoms with Crippen molar-refractivity contribution in [3.63, 3.8) is 0 Å². The Bertz CT molecular complexity index is 327. The molecule has 1 aromatic heterocycles. The molecule has 1 amide bonds. The summed E-state index contributed by atoms with van der Waals surface area (Å²) in [6.07, 6.45) is 0.953. The maximum absolute atomic E-state index is 11.4. The third-order valence-electron chi connectivity index (χ3n) is 1.85. The summed E-state index contributed by atoms with van der Waals surface area (Å²) in [5.74, 6) is 0.473. The van der Waals surface area contributed by atoms with E-state index in [2.05, 4.69) is 15.5 Å². The Labute approximate surface area is 97.9 Å². The molecule has 0 radical (unpaired) electrons. The molecule has 84 valence electrons. The second-order valence-corrected chi connectivity index (χ2v) is 5.66. The Kier molecular flexibility index (Phi) is 5.04. The molecule has 1 N–H and O–H groups in total. The van der Waals surface area contributed by atoms with Crippen LogP contribution in [0.2, 0.25) is 0 Å². The zero-order chi connectivity index (χ0) is 11.3. The number of hydrogen-bond acceptors (Lipinski definition) is 5. The first kappa shape index (κ1) is 12.4. The number of aryl methyl sites for hydroxylation is 1. The van der Waals surface area contributed by atoms with Crippen LogP contribution in [0.3, 0.4) is 0 Å². The van der Waals surface area contributed by atoms with Crippen molar-refractivity contribution in [2.75, 3.05) is 5.75 Å². The smallest absolute Gasteiger partial charge is 0.230 e. The molecule has 6 heteroatoms. The Morgan fingerprint density at radius 2 is 2.33 bits per heavy atom. The normalized spacial score (nSPS) is 12.5. The number of aromatic nitrogens is 2. The van der Waals surface area contributed by atoms with Gasteiger partial charge < -0.3 is 5.32 Å². The molecule has 0 aliphatic heterocycles. The van der Waals surface area contributed by atoms with Gasteiger partial charge in [-0.15, -0.1) is 10.2 Å². The summed E-state index contributed by atoms with van der Waals surface area (Å²) >= 11 is 2.95. The Morgan fingerprint density at radius 1 is 1.60 bits per heavy atom. The molecule has 1 unspecified atom stereocenters. The van der Waals surface area contributed by atoms with E-state index in [9.17, 15) is 4.79 Å². The maximum atomic E-state index is 11.4. The van der Waals surface area contributed by atoms with Crippen LogP contribution in [0.4, 0.5) is 0 Å². The van der Waals surface area contributed by atoms with Gasteiger partial charge in [0.2, 0.25) is 5.91 Å². The van der Waals surface area contributed by atoms with Gasteiger partial charge in [0.25, 0.3) is 0 Å². The number of carbonyl (C=O) groups is 1. The average molecular weight is 245 g/mol. The molecule has 1 heterocycles. The lowest BCUT2D eigenvalue weighted by Crippen LogP contribution is -2.33. The number of nitrogens with one attached hydrogen (secondary N) is 1. The minimum Gasteiger partial charge on any atom is -0.353 e. The number of amides is 1. The lowest BCUT2D eigenvalue weighted by Gasteiger charge is -2.09. The first-order valence-corrected chi connectivity index (χ1v) is 6.64. The fourth-order valence-corrected chi connectivity index (χ4v) is 2.51. The third kappa shape index (κ3) is 4.61. The summed E-state index contributed by atoms with van der Waals surface area (Å²) in [5.41, 5.74) is 0. The zero-order valence-corrected chi connectivity index (χ0v) is 10.7. The van der Waals surface area contributed by atoms with Crippen LogP contribution in [0.15, 0.2) is 4.34 Å². The van der Waals surface area contributed by atoms with Gasteiger partial charge in [0, 0.05) is 6.04 Å². The minimum absolute atomic E-state index is 0.0576. The summed E-state index contributed by atoms with van der Waals surface area (Å²) in [7, 11) is 0. The lowest BCUT2D eigenvalue weighted by molar-refractivity contribution is -0.119. The molecular weight excluding hydrogens is 230 g/mol. The highest BCUT2D eigenvalue weighted by molar-refractivity contribution is 8.01. The quantitative estimate of drug-likeness (QED) is 0.804. The van der Waals surface area contributed by atoms with E-state index in [1.807, 2.05) is 20.8 Å². The predicted octanol–water partition coefficient (Wildman–Crippen LogP) is 1.85. The van der Waals surface area contributed by atoms with E-state index >= 15 is 0 Å². The van der Waals surface area contributed by atoms with Crippen molar-refractivity contribution in [2.24, 2.45) is 0 Å². The molecule has 0 aromatic carbocycles. The molecule has 4 nitrogen and oxygen atoms in total. The highest BCUT2D eigenvalue weighted by Crippen LogP contribution is 2.21. The lowest BCUT2D eigenvalue weighted by atomic mass is 10.3. The molecule has 0 spiro atoms. The first-order chi connectivity index (χ1) is 7.11. The SMILES string of the molecule is CCC(C)NC(=O)CSc1nnc(C)s1. The summed E-state index contributed by atoms with van der Waals surface area (Å²) in [6, 6.07) is 0.245. The number of thioether (sulfide) groups is 1. The Morgan fingerprint density at radius 3 is 2.87 bits per heavy atom. The summed E-state index contributed by atoms with van der Waals surface area (Å²) < 4.78 is 0.854. The molecule has 0 saturated heterocycles. The van der Waals surface area contributed by atoms with Crippen LogP contribution >= 0.6 is 23.1 Å². The van der Waals surface area contributed by atoms with Crippen molar-refractivity contribution >= 4 is 29.0 Å². The predicted molar refractivity (Wildman–Crippen MR) is 63.3 cm³/mol. The van der Waals surface area contributed by atoms with Crippen LogP contribution in [0, 0.1) is 6.92 Å². The highest BCUT2D eigenvalue weighted by Gasteiger charge is 2.08. The van der Waals surface area contributed by atoms with Gasteiger partial charge in [0.05, 0.1) is 5.75 Å². The minimum atomic E-state index is 0.0576. The van der Waals surface area contributed by atoms with Crippen LogP contribution in [-0.4, -0.2) is 27.9 Å². The molecular formula is C9H15N3OS2. The van der Waals surface area contributed by atoms with E-state index in [-0.39, 0.29) is 11.9 Å². The van der Waals surface area contributed by atoms with Gasteiger partial charge in [-0.25, -0.2) is 0 Å². The van der Waals surface area contributed by atoms with Gasteiger partial charge >= 0.3 is 0 Å². The topological polar surface area (TPSA) is 54.9 Å². The maximum Gasteiger partial charge on any atom is 0.230 e. The average Bonchev–Trinajstić information content (AvgIpc) is 2.61. The second kappa shape index (κ2) is 6.07. The largest absolute Gasteiger partial charge is 0.353 e. The first-order valence-electron chi connectivity index (χ1n) is 4.84. The summed E-state index contributed by atoms with van der Waals surface area (Å²) in [5, 5.41) is 11.7. The fraction of sp³-hybridized carbons (Fsp3) is 0.667. The van der Waals surface area contributed by atoms with Gasteiger partial charge in [-0.05, 0) is 20.3 Å². The van der Waals surface area contributed by atoms with E-state index in [1.54, 1.807) is 0 Å². The van der Waals surface area contributed by atoms with Crippen LogP contribution < -0.4 is 5.32 Å². The fourth-order valence-electron chi connectivity index (χ4n) is 0.883. The number of hydrogen-bond donors (Lipinski definition) is 1. The van der Waals surface area contributed by atoms with Gasteiger partial charge in [0.1, 0.15) is 5.01 Å². The van der Waals surface area contributed by atoms with E-state index in [1.165, 1.54) is 23.1 Å². The van der Waals surface area contributed by atoms with Crippen molar-refractivity contribution in [2.45, 2.75) is 37.6 Å². The van der Waals surface area contributed by atoms with Crippen molar-refractivity contribution in [1.29, 1.82) is 0 Å². The second-order valence-electron chi connectivity index (χ2n) is 3.25. The standard InChI is InChI=1S/C9H15N3OS2/c1-4-6(2)10-8(13)5-14-9-12-11-7(3)15-9/h6H,4-5H2,1-3H3,(H,10,13). The molecule has 15 heavy (non-hydrogen) atoms. The molecule has 0 saturated carbocycles. The van der Waals surface area contributed by atoms with E-state index in [4.69, 9.17) is 0 Å². The highest BCUT2D eigenvalue weighted by atomic mass is 32.2. The zero-order valence-electron chi connectivity index (χ0n) is 9.11. The monoisotopic (exact) mass is 245 g/mol. The Balaban J connectivity index is 2.28. The molecule has 0 bridgehead atoms. The van der Waals surface area contributed by atoms with Crippen molar-refractivity contribution in [1.82, 2.24) is 15.5 Å². The third-order valence-corrected chi connectivity index (χ3v) is 3.83. The van der Waals surface area contributed by atoms with E-state index < -0.39 is 0 Å². The van der Waals surface area contributed by atoms with Crippen molar-refractivity contribution < 1.29 is 4.79 Å². The van der Waals surface area contributed by atoms with Crippen LogP contribution in [0.1, 0.15) is 25.3 Å².